The number of benzene rings is 2. The third kappa shape index (κ3) is 5.58. The van der Waals surface area contributed by atoms with Crippen molar-refractivity contribution >= 4 is 28.5 Å². The normalized spacial score (nSPS) is 10.7. The van der Waals surface area contributed by atoms with Crippen molar-refractivity contribution in [2.75, 3.05) is 11.9 Å². The molecule has 0 aliphatic carbocycles. The quantitative estimate of drug-likeness (QED) is 0.333. The number of carbonyl (C=O) groups excluding carboxylic acids is 2. The monoisotopic (exact) mass is 480 g/mol. The highest BCUT2D eigenvalue weighted by Gasteiger charge is 2.17. The predicted molar refractivity (Wildman–Crippen MR) is 139 cm³/mol. The summed E-state index contributed by atoms with van der Waals surface area (Å²) in [6.07, 6.45) is 3.95. The van der Waals surface area contributed by atoms with Crippen LogP contribution in [0.2, 0.25) is 0 Å². The van der Waals surface area contributed by atoms with Gasteiger partial charge in [0.2, 0.25) is 5.91 Å². The number of amides is 2. The van der Waals surface area contributed by atoms with Crippen LogP contribution in [-0.2, 0) is 4.79 Å². The van der Waals surface area contributed by atoms with Crippen LogP contribution in [0, 0.1) is 25.2 Å². The van der Waals surface area contributed by atoms with Gasteiger partial charge in [-0.05, 0) is 56.0 Å². The minimum Gasteiger partial charge on any atom is -0.352 e. The molecule has 0 saturated heterocycles. The van der Waals surface area contributed by atoms with Crippen molar-refractivity contribution in [2.45, 2.75) is 39.5 Å². The van der Waals surface area contributed by atoms with Gasteiger partial charge in [0.05, 0.1) is 11.7 Å². The van der Waals surface area contributed by atoms with Crippen molar-refractivity contribution in [1.82, 2.24) is 20.1 Å². The second-order valence-electron chi connectivity index (χ2n) is 8.68. The Kier molecular flexibility index (Phi) is 7.71. The Labute approximate surface area is 210 Å². The fourth-order valence-corrected chi connectivity index (χ4v) is 4.05. The zero-order valence-corrected chi connectivity index (χ0v) is 20.4. The second kappa shape index (κ2) is 11.3. The lowest BCUT2D eigenvalue weighted by Crippen LogP contribution is -2.24. The Morgan fingerprint density at radius 3 is 2.58 bits per heavy atom. The highest BCUT2D eigenvalue weighted by Crippen LogP contribution is 2.25. The Hall–Kier alpha value is -4.51. The van der Waals surface area contributed by atoms with Crippen LogP contribution in [0.15, 0.2) is 60.8 Å². The first-order valence-electron chi connectivity index (χ1n) is 12.0. The highest BCUT2D eigenvalue weighted by molar-refractivity contribution is 5.94. The summed E-state index contributed by atoms with van der Waals surface area (Å²) in [5.41, 5.74) is 3.84. The number of anilines is 1. The van der Waals surface area contributed by atoms with Gasteiger partial charge in [-0.2, -0.15) is 15.0 Å². The van der Waals surface area contributed by atoms with E-state index in [1.54, 1.807) is 12.1 Å². The Balaban J connectivity index is 1.35. The number of unbranched alkanes of at least 4 members (excludes halogenated alkanes) is 2. The van der Waals surface area contributed by atoms with Gasteiger partial charge in [0.15, 0.2) is 11.6 Å². The predicted octanol–water partition coefficient (Wildman–Crippen LogP) is 4.84. The summed E-state index contributed by atoms with van der Waals surface area (Å²) in [6.45, 7) is 4.55. The van der Waals surface area contributed by atoms with Crippen molar-refractivity contribution in [3.05, 3.63) is 83.0 Å². The maximum atomic E-state index is 12.7. The lowest BCUT2D eigenvalue weighted by molar-refractivity contribution is -0.116. The number of hydrogen-bond acceptors (Lipinski definition) is 5. The van der Waals surface area contributed by atoms with Gasteiger partial charge < -0.3 is 10.6 Å². The molecule has 4 aromatic rings. The van der Waals surface area contributed by atoms with Gasteiger partial charge in [-0.25, -0.2) is 4.98 Å². The fourth-order valence-electron chi connectivity index (χ4n) is 4.05. The van der Waals surface area contributed by atoms with Gasteiger partial charge in [0, 0.05) is 23.9 Å². The third-order valence-electron chi connectivity index (χ3n) is 6.00. The van der Waals surface area contributed by atoms with Crippen LogP contribution in [0.25, 0.3) is 16.7 Å². The van der Waals surface area contributed by atoms with Crippen molar-refractivity contribution in [2.24, 2.45) is 0 Å². The van der Waals surface area contributed by atoms with E-state index in [1.165, 1.54) is 10.9 Å². The van der Waals surface area contributed by atoms with Crippen LogP contribution >= 0.6 is 0 Å². The number of nitrogens with zero attached hydrogens (tertiary/aromatic N) is 4. The molecule has 2 aromatic carbocycles. The maximum absolute atomic E-state index is 12.7. The molecule has 0 unspecified atom stereocenters. The van der Waals surface area contributed by atoms with Crippen LogP contribution < -0.4 is 10.6 Å². The van der Waals surface area contributed by atoms with Gasteiger partial charge in [-0.3, -0.25) is 9.59 Å². The van der Waals surface area contributed by atoms with Gasteiger partial charge in [-0.1, -0.05) is 42.8 Å². The lowest BCUT2D eigenvalue weighted by atomic mass is 10.1. The van der Waals surface area contributed by atoms with E-state index in [9.17, 15) is 14.9 Å². The summed E-state index contributed by atoms with van der Waals surface area (Å²) in [5.74, 6) is 0.561. The average Bonchev–Trinajstić information content (AvgIpc) is 3.29. The summed E-state index contributed by atoms with van der Waals surface area (Å²) < 4.78 is 1.51. The summed E-state index contributed by atoms with van der Waals surface area (Å²) in [7, 11) is 0. The molecular weight excluding hydrogens is 452 g/mol. The van der Waals surface area contributed by atoms with Crippen LogP contribution in [0.5, 0.6) is 0 Å². The van der Waals surface area contributed by atoms with Crippen LogP contribution in [0.3, 0.4) is 0 Å². The molecule has 36 heavy (non-hydrogen) atoms. The number of pyridine rings is 1. The molecule has 8 nitrogen and oxygen atoms in total. The molecule has 0 bridgehead atoms. The number of fused-ring (bicyclic) bond motifs is 1. The molecule has 0 radical (unpaired) electrons. The topological polar surface area (TPSA) is 113 Å². The number of aryl methyl sites for hydroxylation is 2. The standard InChI is InChI=1S/C28H28N6O2/c1-19-10-9-13-23-20(2)16-24(32-26(19)23)34-27(22(17-29)18-31-34)33-25(35)14-7-4-8-15-30-28(36)21-11-5-3-6-12-21/h3,5-6,9-13,16,18H,4,7-8,14-15H2,1-2H3,(H,30,36)(H,33,35). The van der Waals surface area contributed by atoms with E-state index >= 15 is 0 Å². The Bertz CT molecular complexity index is 1440. The molecule has 2 N–H and O–H groups in total. The highest BCUT2D eigenvalue weighted by atomic mass is 16.2. The molecule has 8 heteroatoms. The number of aromatic nitrogens is 3. The second-order valence-corrected chi connectivity index (χ2v) is 8.68. The Morgan fingerprint density at radius 2 is 1.81 bits per heavy atom. The summed E-state index contributed by atoms with van der Waals surface area (Å²) >= 11 is 0. The molecule has 0 spiro atoms. The van der Waals surface area contributed by atoms with Crippen LogP contribution in [-0.4, -0.2) is 33.1 Å². The minimum absolute atomic E-state index is 0.0987. The van der Waals surface area contributed by atoms with Gasteiger partial charge in [0.25, 0.3) is 5.91 Å². The van der Waals surface area contributed by atoms with Gasteiger partial charge in [0.1, 0.15) is 11.6 Å². The Morgan fingerprint density at radius 1 is 1.00 bits per heavy atom. The molecule has 0 fully saturated rings. The van der Waals surface area contributed by atoms with E-state index in [0.29, 0.717) is 36.6 Å². The number of nitriles is 1. The molecular formula is C28H28N6O2. The van der Waals surface area contributed by atoms with E-state index in [1.807, 2.05) is 56.3 Å². The van der Waals surface area contributed by atoms with Crippen molar-refractivity contribution in [1.29, 1.82) is 5.26 Å². The number of carbonyl (C=O) groups is 2. The van der Waals surface area contributed by atoms with Crippen LogP contribution in [0.1, 0.15) is 52.7 Å². The molecule has 0 saturated carbocycles. The van der Waals surface area contributed by atoms with Gasteiger partial charge >= 0.3 is 0 Å². The lowest BCUT2D eigenvalue weighted by Gasteiger charge is -2.12. The summed E-state index contributed by atoms with van der Waals surface area (Å²) in [6, 6.07) is 19.1. The third-order valence-corrected chi connectivity index (χ3v) is 6.00. The van der Waals surface area contributed by atoms with Gasteiger partial charge in [-0.15, -0.1) is 0 Å². The van der Waals surface area contributed by atoms with E-state index in [2.05, 4.69) is 21.8 Å². The zero-order valence-electron chi connectivity index (χ0n) is 20.4. The van der Waals surface area contributed by atoms with E-state index in [-0.39, 0.29) is 17.4 Å². The zero-order chi connectivity index (χ0) is 25.5. The first-order valence-corrected chi connectivity index (χ1v) is 12.0. The molecule has 0 atom stereocenters. The van der Waals surface area contributed by atoms with Crippen LogP contribution in [0.4, 0.5) is 5.82 Å². The molecule has 2 amide bonds. The minimum atomic E-state index is -0.199. The number of para-hydroxylation sites is 1. The molecule has 0 aliphatic rings. The van der Waals surface area contributed by atoms with Crippen molar-refractivity contribution < 1.29 is 9.59 Å². The summed E-state index contributed by atoms with van der Waals surface area (Å²) in [5, 5.41) is 20.7. The first kappa shape index (κ1) is 24.6. The number of hydrogen-bond donors (Lipinski definition) is 2. The number of nitrogens with one attached hydrogen (secondary N) is 2. The molecule has 4 rings (SSSR count). The first-order chi connectivity index (χ1) is 17.5. The molecule has 2 aromatic heterocycles. The fraction of sp³-hybridized carbons (Fsp3) is 0.250. The smallest absolute Gasteiger partial charge is 0.251 e. The average molecular weight is 481 g/mol. The molecule has 2 heterocycles. The SMILES string of the molecule is Cc1cc(-n2ncc(C#N)c2NC(=O)CCCCCNC(=O)c2ccccc2)nc2c(C)cccc12. The molecule has 0 aliphatic heterocycles. The maximum Gasteiger partial charge on any atom is 0.251 e. The largest absolute Gasteiger partial charge is 0.352 e. The van der Waals surface area contributed by atoms with E-state index in [4.69, 9.17) is 4.98 Å². The van der Waals surface area contributed by atoms with Crippen molar-refractivity contribution in [3.8, 4) is 11.9 Å². The number of rotatable bonds is 9. The van der Waals surface area contributed by atoms with E-state index < -0.39 is 0 Å². The summed E-state index contributed by atoms with van der Waals surface area (Å²) in [4.78, 5) is 29.5. The van der Waals surface area contributed by atoms with E-state index in [0.717, 1.165) is 34.9 Å². The van der Waals surface area contributed by atoms with Crippen molar-refractivity contribution in [3.63, 3.8) is 0 Å². The molecule has 182 valence electrons.